The minimum atomic E-state index is 0.0277. The largest absolute Gasteiger partial charge is 0.315 e. The lowest BCUT2D eigenvalue weighted by Crippen LogP contribution is -2.02. The van der Waals surface area contributed by atoms with Crippen LogP contribution in [0, 0.1) is 0 Å². The molecule has 0 saturated carbocycles. The summed E-state index contributed by atoms with van der Waals surface area (Å²) < 4.78 is 4.60. The highest BCUT2D eigenvalue weighted by atomic mass is 16.1. The number of hydrogen-bond acceptors (Lipinski definition) is 1. The molecular formula is C37H24N2O. The first kappa shape index (κ1) is 22.6. The van der Waals surface area contributed by atoms with Crippen LogP contribution < -0.4 is 0 Å². The third-order valence-electron chi connectivity index (χ3n) is 7.92. The van der Waals surface area contributed by atoms with Crippen LogP contribution in [0.3, 0.4) is 0 Å². The molecule has 40 heavy (non-hydrogen) atoms. The van der Waals surface area contributed by atoms with Crippen molar-refractivity contribution < 1.29 is 4.79 Å². The van der Waals surface area contributed by atoms with Crippen LogP contribution >= 0.6 is 0 Å². The maximum absolute atomic E-state index is 13.4. The molecule has 0 saturated heterocycles. The van der Waals surface area contributed by atoms with Gasteiger partial charge in [0.1, 0.15) is 0 Å². The van der Waals surface area contributed by atoms with Crippen molar-refractivity contribution in [2.75, 3.05) is 0 Å². The van der Waals surface area contributed by atoms with E-state index in [4.69, 9.17) is 0 Å². The van der Waals surface area contributed by atoms with E-state index in [2.05, 4.69) is 100 Å². The van der Waals surface area contributed by atoms with Crippen LogP contribution in [0.2, 0.25) is 0 Å². The Balaban J connectivity index is 1.31. The molecule has 0 N–H and O–H groups in total. The Morgan fingerprint density at radius 3 is 2.02 bits per heavy atom. The lowest BCUT2D eigenvalue weighted by atomic mass is 10.00. The number of para-hydroxylation sites is 2. The van der Waals surface area contributed by atoms with E-state index >= 15 is 0 Å². The molecule has 0 atom stereocenters. The van der Waals surface area contributed by atoms with Gasteiger partial charge >= 0.3 is 0 Å². The summed E-state index contributed by atoms with van der Waals surface area (Å²) in [4.78, 5) is 13.4. The van der Waals surface area contributed by atoms with E-state index in [0.29, 0.717) is 11.1 Å². The van der Waals surface area contributed by atoms with Crippen LogP contribution in [-0.4, -0.2) is 14.9 Å². The van der Waals surface area contributed by atoms with Gasteiger partial charge in [0.05, 0.1) is 16.6 Å². The molecule has 0 unspecified atom stereocenters. The molecule has 0 bridgehead atoms. The van der Waals surface area contributed by atoms with Gasteiger partial charge in [0.15, 0.2) is 5.78 Å². The number of nitrogens with zero attached hydrogens (tertiary/aromatic N) is 2. The molecular weight excluding hydrogens is 488 g/mol. The average Bonchev–Trinajstić information content (AvgIpc) is 3.60. The number of aromatic nitrogens is 2. The van der Waals surface area contributed by atoms with Crippen molar-refractivity contribution in [3.05, 3.63) is 157 Å². The number of fused-ring (bicyclic) bond motifs is 6. The first-order chi connectivity index (χ1) is 19.8. The van der Waals surface area contributed by atoms with Crippen LogP contribution in [0.25, 0.3) is 54.9 Å². The van der Waals surface area contributed by atoms with Gasteiger partial charge in [-0.1, -0.05) is 84.9 Å². The number of ketones is 1. The standard InChI is InChI=1S/C37H24N2O/c40-37(29-15-14-25-8-4-5-9-28(25)24-29)27-16-19-31(20-17-27)39-34-13-7-6-12-32(34)33-21-18-26-22-23-38(35(26)36(33)39)30-10-2-1-3-11-30/h1-24H. The molecule has 3 heteroatoms. The van der Waals surface area contributed by atoms with Gasteiger partial charge in [0.2, 0.25) is 0 Å². The summed E-state index contributed by atoms with van der Waals surface area (Å²) in [6, 6.07) is 47.7. The molecule has 188 valence electrons. The van der Waals surface area contributed by atoms with E-state index in [0.717, 1.165) is 38.7 Å². The van der Waals surface area contributed by atoms with Crippen molar-refractivity contribution in [3.8, 4) is 11.4 Å². The summed E-state index contributed by atoms with van der Waals surface area (Å²) in [5.74, 6) is 0.0277. The summed E-state index contributed by atoms with van der Waals surface area (Å²) in [5, 5.41) is 5.79. The highest BCUT2D eigenvalue weighted by molar-refractivity contribution is 6.18. The molecule has 6 aromatic carbocycles. The molecule has 0 radical (unpaired) electrons. The van der Waals surface area contributed by atoms with Gasteiger partial charge < -0.3 is 9.13 Å². The molecule has 0 fully saturated rings. The van der Waals surface area contributed by atoms with Crippen molar-refractivity contribution in [2.24, 2.45) is 0 Å². The van der Waals surface area contributed by atoms with E-state index < -0.39 is 0 Å². The van der Waals surface area contributed by atoms with Gasteiger partial charge in [-0.15, -0.1) is 0 Å². The lowest BCUT2D eigenvalue weighted by Gasteiger charge is -2.12. The highest BCUT2D eigenvalue weighted by Gasteiger charge is 2.18. The summed E-state index contributed by atoms with van der Waals surface area (Å²) >= 11 is 0. The Morgan fingerprint density at radius 2 is 1.18 bits per heavy atom. The zero-order valence-electron chi connectivity index (χ0n) is 21.7. The first-order valence-electron chi connectivity index (χ1n) is 13.5. The second-order valence-corrected chi connectivity index (χ2v) is 10.2. The van der Waals surface area contributed by atoms with E-state index in [1.54, 1.807) is 0 Å². The zero-order valence-corrected chi connectivity index (χ0v) is 21.7. The summed E-state index contributed by atoms with van der Waals surface area (Å²) in [7, 11) is 0. The maximum Gasteiger partial charge on any atom is 0.193 e. The maximum atomic E-state index is 13.4. The zero-order chi connectivity index (χ0) is 26.6. The van der Waals surface area contributed by atoms with Crippen molar-refractivity contribution in [2.45, 2.75) is 0 Å². The van der Waals surface area contributed by atoms with Gasteiger partial charge in [0.25, 0.3) is 0 Å². The monoisotopic (exact) mass is 512 g/mol. The predicted octanol–water partition coefficient (Wildman–Crippen LogP) is 9.11. The minimum absolute atomic E-state index is 0.0277. The minimum Gasteiger partial charge on any atom is -0.315 e. The molecule has 0 aliphatic carbocycles. The van der Waals surface area contributed by atoms with E-state index in [-0.39, 0.29) is 5.78 Å². The van der Waals surface area contributed by atoms with Gasteiger partial charge in [-0.3, -0.25) is 4.79 Å². The summed E-state index contributed by atoms with van der Waals surface area (Å²) in [6.07, 6.45) is 2.15. The Hall–Kier alpha value is -5.41. The second-order valence-electron chi connectivity index (χ2n) is 10.2. The van der Waals surface area contributed by atoms with Crippen LogP contribution in [-0.2, 0) is 0 Å². The van der Waals surface area contributed by atoms with Crippen molar-refractivity contribution in [1.29, 1.82) is 0 Å². The molecule has 8 aromatic rings. The molecule has 0 amide bonds. The lowest BCUT2D eigenvalue weighted by molar-refractivity contribution is 0.103. The molecule has 2 aromatic heterocycles. The smallest absolute Gasteiger partial charge is 0.193 e. The summed E-state index contributed by atoms with van der Waals surface area (Å²) in [6.45, 7) is 0. The Bertz CT molecular complexity index is 2220. The highest BCUT2D eigenvalue weighted by Crippen LogP contribution is 2.38. The van der Waals surface area contributed by atoms with Crippen LogP contribution in [0.1, 0.15) is 15.9 Å². The Morgan fingerprint density at radius 1 is 0.475 bits per heavy atom. The van der Waals surface area contributed by atoms with Crippen LogP contribution in [0.15, 0.2) is 146 Å². The van der Waals surface area contributed by atoms with Gasteiger partial charge in [-0.2, -0.15) is 0 Å². The van der Waals surface area contributed by atoms with Crippen molar-refractivity contribution in [3.63, 3.8) is 0 Å². The van der Waals surface area contributed by atoms with E-state index in [1.807, 2.05) is 54.6 Å². The van der Waals surface area contributed by atoms with Crippen molar-refractivity contribution >= 4 is 49.3 Å². The van der Waals surface area contributed by atoms with E-state index in [1.165, 1.54) is 16.2 Å². The van der Waals surface area contributed by atoms with Gasteiger partial charge in [0, 0.05) is 44.9 Å². The number of benzene rings is 6. The van der Waals surface area contributed by atoms with Gasteiger partial charge in [-0.05, 0) is 65.4 Å². The third kappa shape index (κ3) is 3.41. The quantitative estimate of drug-likeness (QED) is 0.216. The van der Waals surface area contributed by atoms with Gasteiger partial charge in [-0.25, -0.2) is 0 Å². The van der Waals surface area contributed by atoms with Crippen molar-refractivity contribution in [1.82, 2.24) is 9.13 Å². The number of rotatable bonds is 4. The second kappa shape index (κ2) is 8.82. The fourth-order valence-corrected chi connectivity index (χ4v) is 6.00. The Kier molecular flexibility index (Phi) is 4.98. The molecule has 0 aliphatic heterocycles. The topological polar surface area (TPSA) is 26.9 Å². The van der Waals surface area contributed by atoms with E-state index in [9.17, 15) is 4.79 Å². The fourth-order valence-electron chi connectivity index (χ4n) is 6.00. The first-order valence-corrected chi connectivity index (χ1v) is 13.5. The number of carbonyl (C=O) groups excluding carboxylic acids is 1. The Labute approximate surface area is 231 Å². The molecule has 0 aliphatic rings. The summed E-state index contributed by atoms with van der Waals surface area (Å²) in [5.41, 5.74) is 6.98. The molecule has 2 heterocycles. The van der Waals surface area contributed by atoms with Crippen LogP contribution in [0.5, 0.6) is 0 Å². The molecule has 8 rings (SSSR count). The average molecular weight is 513 g/mol. The number of carbonyl (C=O) groups is 1. The third-order valence-corrected chi connectivity index (χ3v) is 7.92. The molecule has 3 nitrogen and oxygen atoms in total. The SMILES string of the molecule is O=C(c1ccc(-n2c3ccccc3c3ccc4ccn(-c5ccccc5)c4c32)cc1)c1ccc2ccccc2c1. The normalized spacial score (nSPS) is 11.6. The predicted molar refractivity (Wildman–Crippen MR) is 165 cm³/mol. The fraction of sp³-hybridized carbons (Fsp3) is 0. The molecule has 0 spiro atoms. The number of hydrogen-bond donors (Lipinski definition) is 0. The van der Waals surface area contributed by atoms with Crippen LogP contribution in [0.4, 0.5) is 0 Å².